The molecule has 19 nitrogen and oxygen atoms in total. The lowest BCUT2D eigenvalue weighted by molar-refractivity contribution is -0.138. The van der Waals surface area contributed by atoms with Gasteiger partial charge in [-0.05, 0) is 38.5 Å². The van der Waals surface area contributed by atoms with Gasteiger partial charge in [0.05, 0.1) is 139 Å². The summed E-state index contributed by atoms with van der Waals surface area (Å²) >= 11 is 0. The Balaban J connectivity index is 3.07. The number of ether oxygens (including phenoxy) is 18. The van der Waals surface area contributed by atoms with Crippen LogP contribution >= 0.6 is 0 Å². The Morgan fingerprint density at radius 2 is 0.422 bits per heavy atom. The van der Waals surface area contributed by atoms with Gasteiger partial charge in [-0.3, -0.25) is 0 Å². The van der Waals surface area contributed by atoms with E-state index >= 15 is 0 Å². The van der Waals surface area contributed by atoms with Crippen molar-refractivity contribution >= 4 is 5.97 Å². The summed E-state index contributed by atoms with van der Waals surface area (Å²) in [5.74, 6) is -0.405. The van der Waals surface area contributed by atoms with Gasteiger partial charge in [0.2, 0.25) is 0 Å². The topological polar surface area (TPSA) is 183 Å². The van der Waals surface area contributed by atoms with E-state index < -0.39 is 5.97 Å². The van der Waals surface area contributed by atoms with Crippen LogP contribution in [0, 0.1) is 0 Å². The molecule has 0 bridgehead atoms. The van der Waals surface area contributed by atoms with Crippen molar-refractivity contribution in [2.75, 3.05) is 232 Å². The Morgan fingerprint density at radius 1 is 0.266 bits per heavy atom. The second-order valence-corrected chi connectivity index (χ2v) is 13.6. The highest BCUT2D eigenvalue weighted by molar-refractivity contribution is 5.81. The predicted octanol–water partition coefficient (Wildman–Crippen LogP) is 3.36. The summed E-state index contributed by atoms with van der Waals surface area (Å²) in [6, 6.07) is 0. The van der Waals surface area contributed by atoms with Crippen molar-refractivity contribution in [3.8, 4) is 0 Å². The lowest BCUT2D eigenvalue weighted by Gasteiger charge is -2.09. The first-order valence-electron chi connectivity index (χ1n) is 23.3. The Kier molecular flexibility index (Phi) is 58.2. The molecule has 0 atom stereocenters. The molecule has 0 aromatic carbocycles. The lowest BCUT2D eigenvalue weighted by Crippen LogP contribution is -2.15. The molecule has 382 valence electrons. The van der Waals surface area contributed by atoms with E-state index in [0.29, 0.717) is 231 Å². The lowest BCUT2D eigenvalue weighted by atomic mass is 10.4. The molecule has 0 amide bonds. The second-order valence-electron chi connectivity index (χ2n) is 13.6. The van der Waals surface area contributed by atoms with Crippen molar-refractivity contribution in [1.29, 1.82) is 0 Å². The summed E-state index contributed by atoms with van der Waals surface area (Å²) in [7, 11) is 1.65. The van der Waals surface area contributed by atoms with E-state index in [0.717, 1.165) is 44.6 Å². The number of esters is 1. The maximum absolute atomic E-state index is 10.9. The minimum absolute atomic E-state index is 0.346. The van der Waals surface area contributed by atoms with Gasteiger partial charge >= 0.3 is 5.97 Å². The third kappa shape index (κ3) is 58.5. The molecule has 0 aromatic heterocycles. The summed E-state index contributed by atoms with van der Waals surface area (Å²) in [5, 5.41) is 0. The molecule has 0 unspecified atom stereocenters. The summed E-state index contributed by atoms with van der Waals surface area (Å²) in [5.41, 5.74) is 0. The van der Waals surface area contributed by atoms with Gasteiger partial charge in [0.15, 0.2) is 0 Å². The highest BCUT2D eigenvalue weighted by Gasteiger charge is 2.00. The molecular weight excluding hydrogens is 844 g/mol. The van der Waals surface area contributed by atoms with Crippen LogP contribution in [0.15, 0.2) is 12.7 Å². The minimum Gasteiger partial charge on any atom is -0.462 e. The van der Waals surface area contributed by atoms with Crippen LogP contribution in [0.2, 0.25) is 0 Å². The average molecular weight is 933 g/mol. The second kappa shape index (κ2) is 59.5. The third-order valence-electron chi connectivity index (χ3n) is 8.09. The van der Waals surface area contributed by atoms with E-state index in [1.54, 1.807) is 7.11 Å². The molecule has 0 saturated carbocycles. The minimum atomic E-state index is -0.405. The van der Waals surface area contributed by atoms with Crippen molar-refractivity contribution in [1.82, 2.24) is 0 Å². The summed E-state index contributed by atoms with van der Waals surface area (Å²) < 4.78 is 98.2. The van der Waals surface area contributed by atoms with Crippen LogP contribution in [-0.4, -0.2) is 238 Å². The van der Waals surface area contributed by atoms with Crippen LogP contribution in [0.5, 0.6) is 0 Å². The molecule has 64 heavy (non-hydrogen) atoms. The Hall–Kier alpha value is -1.47. The molecule has 0 aliphatic rings. The first kappa shape index (κ1) is 62.5. The first-order chi connectivity index (χ1) is 31.8. The first-order valence-corrected chi connectivity index (χ1v) is 23.3. The van der Waals surface area contributed by atoms with Crippen molar-refractivity contribution in [3.63, 3.8) is 0 Å². The fraction of sp³-hybridized carbons (Fsp3) is 0.933. The number of methoxy groups -OCH3 is 1. The average Bonchev–Trinajstić information content (AvgIpc) is 3.31. The maximum atomic E-state index is 10.9. The van der Waals surface area contributed by atoms with Crippen molar-refractivity contribution in [2.45, 2.75) is 44.9 Å². The van der Waals surface area contributed by atoms with Gasteiger partial charge in [0.25, 0.3) is 0 Å². The molecule has 0 aliphatic carbocycles. The van der Waals surface area contributed by atoms with E-state index in [-0.39, 0.29) is 0 Å². The number of rotatable bonds is 59. The SMILES string of the molecule is C=CC(=O)OCCCOCCCOCCCOCCCOCCCOCCCOCCCOCCOCCOCCOCCOCCOCCOCCOCCOCCOCCOC. The van der Waals surface area contributed by atoms with Gasteiger partial charge in [-0.25, -0.2) is 4.79 Å². The smallest absolute Gasteiger partial charge is 0.330 e. The molecule has 19 heteroatoms. The van der Waals surface area contributed by atoms with E-state index in [1.807, 2.05) is 0 Å². The van der Waals surface area contributed by atoms with Crippen LogP contribution in [0.4, 0.5) is 0 Å². The third-order valence-corrected chi connectivity index (χ3v) is 8.09. The van der Waals surface area contributed by atoms with Crippen molar-refractivity contribution in [3.05, 3.63) is 12.7 Å². The van der Waals surface area contributed by atoms with E-state index in [2.05, 4.69) is 6.58 Å². The fourth-order valence-electron chi connectivity index (χ4n) is 4.81. The molecule has 0 aliphatic heterocycles. The van der Waals surface area contributed by atoms with Crippen LogP contribution in [-0.2, 0) is 90.1 Å². The van der Waals surface area contributed by atoms with Gasteiger partial charge in [0.1, 0.15) is 0 Å². The van der Waals surface area contributed by atoms with Crippen LogP contribution < -0.4 is 0 Å². The number of carbonyl (C=O) groups is 1. The van der Waals surface area contributed by atoms with E-state index in [9.17, 15) is 4.79 Å². The van der Waals surface area contributed by atoms with Gasteiger partial charge in [-0.2, -0.15) is 0 Å². The molecule has 0 saturated heterocycles. The van der Waals surface area contributed by atoms with Crippen LogP contribution in [0.1, 0.15) is 44.9 Å². The molecular formula is C45H88O19. The van der Waals surface area contributed by atoms with Gasteiger partial charge in [-0.1, -0.05) is 6.58 Å². The van der Waals surface area contributed by atoms with Crippen LogP contribution in [0.3, 0.4) is 0 Å². The van der Waals surface area contributed by atoms with E-state index in [4.69, 9.17) is 85.3 Å². The number of carbonyl (C=O) groups excluding carboxylic acids is 1. The largest absolute Gasteiger partial charge is 0.462 e. The van der Waals surface area contributed by atoms with Gasteiger partial charge < -0.3 is 85.3 Å². The Labute approximate surface area is 384 Å². The Bertz CT molecular complexity index is 878. The highest BCUT2D eigenvalue weighted by Crippen LogP contribution is 1.96. The highest BCUT2D eigenvalue weighted by atomic mass is 16.6. The molecule has 0 spiro atoms. The molecule has 0 N–H and O–H groups in total. The normalized spacial score (nSPS) is 11.5. The molecule has 0 rings (SSSR count). The molecule has 0 fully saturated rings. The van der Waals surface area contributed by atoms with Gasteiger partial charge in [-0.15, -0.1) is 0 Å². The van der Waals surface area contributed by atoms with Crippen LogP contribution in [0.25, 0.3) is 0 Å². The number of hydrogen-bond acceptors (Lipinski definition) is 19. The zero-order valence-corrected chi connectivity index (χ0v) is 39.5. The molecule has 0 radical (unpaired) electrons. The maximum Gasteiger partial charge on any atom is 0.330 e. The monoisotopic (exact) mass is 933 g/mol. The standard InChI is InChI=1S/C45H88O19/c1-3-45(46)64-24-10-23-53-20-8-19-51-16-6-15-49-12-4-11-48-13-5-14-50-17-7-18-52-21-9-22-54-27-28-56-31-32-58-35-36-60-39-40-62-43-44-63-42-41-61-38-37-59-34-33-57-30-29-55-26-25-47-2/h3H,1,4-44H2,2H3. The quantitative estimate of drug-likeness (QED) is 0.0491. The Morgan fingerprint density at radius 3 is 0.609 bits per heavy atom. The predicted molar refractivity (Wildman–Crippen MR) is 238 cm³/mol. The summed E-state index contributed by atoms with van der Waals surface area (Å²) in [6.07, 6.45) is 6.98. The van der Waals surface area contributed by atoms with Gasteiger partial charge in [0, 0.05) is 105 Å². The summed E-state index contributed by atoms with van der Waals surface area (Å²) in [6.45, 7) is 22.8. The molecule has 0 heterocycles. The van der Waals surface area contributed by atoms with Crippen molar-refractivity contribution in [2.24, 2.45) is 0 Å². The molecule has 0 aromatic rings. The summed E-state index contributed by atoms with van der Waals surface area (Å²) in [4.78, 5) is 10.9. The number of hydrogen-bond donors (Lipinski definition) is 0. The van der Waals surface area contributed by atoms with Crippen molar-refractivity contribution < 1.29 is 90.1 Å². The fourth-order valence-corrected chi connectivity index (χ4v) is 4.81. The zero-order valence-electron chi connectivity index (χ0n) is 39.5. The zero-order chi connectivity index (χ0) is 46.0. The van der Waals surface area contributed by atoms with E-state index in [1.165, 1.54) is 0 Å².